The molecule has 0 aromatic heterocycles. The third-order valence-corrected chi connectivity index (χ3v) is 4.18. The number of ether oxygens (including phenoxy) is 1. The molecule has 0 aliphatic carbocycles. The molecule has 5 heteroatoms. The van der Waals surface area contributed by atoms with Crippen molar-refractivity contribution in [3.8, 4) is 0 Å². The monoisotopic (exact) mass is 325 g/mol. The van der Waals surface area contributed by atoms with Gasteiger partial charge in [0.25, 0.3) is 5.91 Å². The SMILES string of the molecule is O=C(O)c1ccc(C(=O)NC(c2ccccc2)C2CCCO2)cc1. The van der Waals surface area contributed by atoms with E-state index in [1.165, 1.54) is 24.3 Å². The number of carbonyl (C=O) groups is 2. The summed E-state index contributed by atoms with van der Waals surface area (Å²) >= 11 is 0. The van der Waals surface area contributed by atoms with Crippen molar-refractivity contribution in [1.82, 2.24) is 5.32 Å². The summed E-state index contributed by atoms with van der Waals surface area (Å²) in [5, 5.41) is 12.0. The van der Waals surface area contributed by atoms with Crippen LogP contribution in [0.5, 0.6) is 0 Å². The Kier molecular flexibility index (Phi) is 4.91. The van der Waals surface area contributed by atoms with Gasteiger partial charge in [0.1, 0.15) is 0 Å². The first kappa shape index (κ1) is 16.2. The van der Waals surface area contributed by atoms with Gasteiger partial charge in [-0.3, -0.25) is 4.79 Å². The number of nitrogens with one attached hydrogen (secondary N) is 1. The average molecular weight is 325 g/mol. The zero-order valence-corrected chi connectivity index (χ0v) is 13.1. The molecule has 1 amide bonds. The second-order valence-electron chi connectivity index (χ2n) is 5.80. The lowest BCUT2D eigenvalue weighted by atomic mass is 9.98. The highest BCUT2D eigenvalue weighted by molar-refractivity contribution is 5.96. The van der Waals surface area contributed by atoms with Gasteiger partial charge in [-0.1, -0.05) is 30.3 Å². The number of amides is 1. The third-order valence-electron chi connectivity index (χ3n) is 4.18. The summed E-state index contributed by atoms with van der Waals surface area (Å²) in [6.45, 7) is 0.706. The maximum Gasteiger partial charge on any atom is 0.335 e. The molecule has 2 unspecified atom stereocenters. The van der Waals surface area contributed by atoms with Crippen molar-refractivity contribution in [3.63, 3.8) is 0 Å². The van der Waals surface area contributed by atoms with Gasteiger partial charge < -0.3 is 15.2 Å². The van der Waals surface area contributed by atoms with E-state index >= 15 is 0 Å². The summed E-state index contributed by atoms with van der Waals surface area (Å²) in [5.41, 5.74) is 1.59. The van der Waals surface area contributed by atoms with Gasteiger partial charge in [-0.25, -0.2) is 4.79 Å². The molecule has 24 heavy (non-hydrogen) atoms. The lowest BCUT2D eigenvalue weighted by molar-refractivity contribution is 0.0671. The fraction of sp³-hybridized carbons (Fsp3) is 0.263. The Hall–Kier alpha value is -2.66. The van der Waals surface area contributed by atoms with Crippen molar-refractivity contribution in [2.45, 2.75) is 25.0 Å². The molecular formula is C19H19NO4. The average Bonchev–Trinajstić information content (AvgIpc) is 3.14. The fourth-order valence-electron chi connectivity index (χ4n) is 2.91. The number of rotatable bonds is 5. The molecule has 0 saturated carbocycles. The number of carbonyl (C=O) groups excluding carboxylic acids is 1. The van der Waals surface area contributed by atoms with Crippen molar-refractivity contribution >= 4 is 11.9 Å². The first-order chi connectivity index (χ1) is 11.6. The van der Waals surface area contributed by atoms with Gasteiger partial charge in [0.2, 0.25) is 0 Å². The second-order valence-corrected chi connectivity index (χ2v) is 5.80. The Balaban J connectivity index is 1.79. The lowest BCUT2D eigenvalue weighted by Gasteiger charge is -2.24. The predicted molar refractivity (Wildman–Crippen MR) is 89.0 cm³/mol. The smallest absolute Gasteiger partial charge is 0.335 e. The molecule has 1 aliphatic rings. The minimum atomic E-state index is -1.01. The number of carboxylic acids is 1. The number of hydrogen-bond acceptors (Lipinski definition) is 3. The molecule has 0 spiro atoms. The number of hydrogen-bond donors (Lipinski definition) is 2. The lowest BCUT2D eigenvalue weighted by Crippen LogP contribution is -2.36. The van der Waals surface area contributed by atoms with Gasteiger partial charge in [0.15, 0.2) is 0 Å². The highest BCUT2D eigenvalue weighted by Gasteiger charge is 2.28. The van der Waals surface area contributed by atoms with Crippen molar-refractivity contribution in [3.05, 3.63) is 71.3 Å². The first-order valence-corrected chi connectivity index (χ1v) is 7.96. The van der Waals surface area contributed by atoms with E-state index in [1.807, 2.05) is 30.3 Å². The Morgan fingerprint density at radius 2 is 1.71 bits per heavy atom. The van der Waals surface area contributed by atoms with Crippen molar-refractivity contribution < 1.29 is 19.4 Å². The van der Waals surface area contributed by atoms with Gasteiger partial charge in [-0.15, -0.1) is 0 Å². The zero-order chi connectivity index (χ0) is 16.9. The fourth-order valence-corrected chi connectivity index (χ4v) is 2.91. The summed E-state index contributed by atoms with van der Waals surface area (Å²) in [6.07, 6.45) is 1.84. The van der Waals surface area contributed by atoms with Gasteiger partial charge in [0, 0.05) is 12.2 Å². The minimum absolute atomic E-state index is 0.0466. The van der Waals surface area contributed by atoms with Crippen LogP contribution in [0.15, 0.2) is 54.6 Å². The molecule has 0 bridgehead atoms. The van der Waals surface area contributed by atoms with Gasteiger partial charge in [-0.05, 0) is 42.7 Å². The molecule has 5 nitrogen and oxygen atoms in total. The normalized spacial score (nSPS) is 18.1. The summed E-state index contributed by atoms with van der Waals surface area (Å²) < 4.78 is 5.76. The molecule has 1 saturated heterocycles. The van der Waals surface area contributed by atoms with Crippen molar-refractivity contribution in [2.75, 3.05) is 6.61 Å². The Bertz CT molecular complexity index is 706. The van der Waals surface area contributed by atoms with Crippen LogP contribution in [0.1, 0.15) is 45.2 Å². The zero-order valence-electron chi connectivity index (χ0n) is 13.1. The largest absolute Gasteiger partial charge is 0.478 e. The van der Waals surface area contributed by atoms with E-state index in [1.54, 1.807) is 0 Å². The van der Waals surface area contributed by atoms with Gasteiger partial charge in [0.05, 0.1) is 17.7 Å². The topological polar surface area (TPSA) is 75.6 Å². The van der Waals surface area contributed by atoms with Gasteiger partial charge in [-0.2, -0.15) is 0 Å². The van der Waals surface area contributed by atoms with Crippen molar-refractivity contribution in [1.29, 1.82) is 0 Å². The van der Waals surface area contributed by atoms with Crippen LogP contribution < -0.4 is 5.32 Å². The number of benzene rings is 2. The second kappa shape index (κ2) is 7.27. The quantitative estimate of drug-likeness (QED) is 0.886. The van der Waals surface area contributed by atoms with Crippen LogP contribution in [0.2, 0.25) is 0 Å². The Morgan fingerprint density at radius 3 is 2.29 bits per heavy atom. The Labute approximate surface area is 140 Å². The van der Waals surface area contributed by atoms with E-state index in [0.29, 0.717) is 12.2 Å². The minimum Gasteiger partial charge on any atom is -0.478 e. The van der Waals surface area contributed by atoms with Crippen LogP contribution in [0.4, 0.5) is 0 Å². The summed E-state index contributed by atoms with van der Waals surface area (Å²) in [4.78, 5) is 23.5. The standard InChI is InChI=1S/C19H19NO4/c21-18(14-8-10-15(11-9-14)19(22)23)20-17(16-7-4-12-24-16)13-5-2-1-3-6-13/h1-3,5-6,8-11,16-17H,4,7,12H2,(H,20,21)(H,22,23). The summed E-state index contributed by atoms with van der Waals surface area (Å²) in [7, 11) is 0. The first-order valence-electron chi connectivity index (χ1n) is 7.96. The van der Waals surface area contributed by atoms with E-state index in [2.05, 4.69) is 5.32 Å². The van der Waals surface area contributed by atoms with Crippen LogP contribution in [-0.2, 0) is 4.74 Å². The van der Waals surface area contributed by atoms with E-state index < -0.39 is 5.97 Å². The van der Waals surface area contributed by atoms with Crippen LogP contribution in [-0.4, -0.2) is 29.7 Å². The highest BCUT2D eigenvalue weighted by Crippen LogP contribution is 2.27. The Morgan fingerprint density at radius 1 is 1.04 bits per heavy atom. The molecule has 1 heterocycles. The molecule has 2 atom stereocenters. The summed E-state index contributed by atoms with van der Waals surface area (Å²) in [5.74, 6) is -1.25. The van der Waals surface area contributed by atoms with E-state index in [-0.39, 0.29) is 23.6 Å². The molecule has 2 aromatic carbocycles. The van der Waals surface area contributed by atoms with Crippen LogP contribution in [0.25, 0.3) is 0 Å². The molecule has 124 valence electrons. The molecule has 2 aromatic rings. The van der Waals surface area contributed by atoms with E-state index in [9.17, 15) is 9.59 Å². The maximum atomic E-state index is 12.6. The molecule has 0 radical (unpaired) electrons. The summed E-state index contributed by atoms with van der Waals surface area (Å²) in [6, 6.07) is 15.4. The molecule has 2 N–H and O–H groups in total. The number of aromatic carboxylic acids is 1. The van der Waals surface area contributed by atoms with E-state index in [0.717, 1.165) is 18.4 Å². The maximum absolute atomic E-state index is 12.6. The molecule has 3 rings (SSSR count). The van der Waals surface area contributed by atoms with Crippen LogP contribution in [0.3, 0.4) is 0 Å². The predicted octanol–water partition coefficient (Wildman–Crippen LogP) is 3.03. The van der Waals surface area contributed by atoms with Gasteiger partial charge >= 0.3 is 5.97 Å². The van der Waals surface area contributed by atoms with E-state index in [4.69, 9.17) is 9.84 Å². The van der Waals surface area contributed by atoms with Crippen LogP contribution >= 0.6 is 0 Å². The molecule has 1 aliphatic heterocycles. The van der Waals surface area contributed by atoms with Crippen LogP contribution in [0, 0.1) is 0 Å². The third kappa shape index (κ3) is 3.63. The highest BCUT2D eigenvalue weighted by atomic mass is 16.5. The molecule has 1 fully saturated rings. The molecular weight excluding hydrogens is 306 g/mol. The number of carboxylic acid groups (broad SMARTS) is 1. The van der Waals surface area contributed by atoms with Crippen molar-refractivity contribution in [2.24, 2.45) is 0 Å².